The number of benzene rings is 3. The maximum absolute atomic E-state index is 9.98. The van der Waals surface area contributed by atoms with Crippen LogP contribution in [0.1, 0.15) is 0 Å². The quantitative estimate of drug-likeness (QED) is 0.248. The van der Waals surface area contributed by atoms with E-state index in [1.807, 2.05) is 0 Å². The summed E-state index contributed by atoms with van der Waals surface area (Å²) in [7, 11) is -0.877. The maximum atomic E-state index is 9.98. The maximum Gasteiger partial charge on any atom is 0.102 e. The van der Waals surface area contributed by atoms with Gasteiger partial charge in [0.25, 0.3) is 0 Å². The van der Waals surface area contributed by atoms with E-state index in [9.17, 15) is 9.59 Å². The predicted octanol–water partition coefficient (Wildman–Crippen LogP) is 3.61. The molecule has 3 aromatic carbocycles. The summed E-state index contributed by atoms with van der Waals surface area (Å²) >= 11 is 0. The first-order valence-corrected chi connectivity index (χ1v) is 9.75. The number of imide groups is 1. The van der Waals surface area contributed by atoms with E-state index in [4.69, 9.17) is 0 Å². The van der Waals surface area contributed by atoms with Gasteiger partial charge in [-0.1, -0.05) is 54.6 Å². The van der Waals surface area contributed by atoms with E-state index in [-0.39, 0.29) is 29.8 Å². The van der Waals surface area contributed by atoms with Crippen molar-refractivity contribution in [1.82, 2.24) is 0 Å². The number of carbonyl (C=O) groups is 2. The minimum atomic E-state index is -0.877. The van der Waals surface area contributed by atoms with Crippen molar-refractivity contribution in [2.45, 2.75) is 0 Å². The van der Waals surface area contributed by atoms with Gasteiger partial charge in [-0.3, -0.25) is 0 Å². The summed E-state index contributed by atoms with van der Waals surface area (Å²) in [6.07, 6.45) is 2.28. The number of amides is 2. The molecule has 3 aromatic rings. The van der Waals surface area contributed by atoms with E-state index in [1.54, 1.807) is 0 Å². The summed E-state index contributed by atoms with van der Waals surface area (Å²) in [5.74, 6) is -0.907. The Bertz CT molecular complexity index is 790. The molecule has 5 heteroatoms. The Morgan fingerprint density at radius 3 is 1.04 bits per heavy atom. The molecule has 3 nitrogen and oxygen atoms in total. The molecule has 2 amide bonds. The summed E-state index contributed by atoms with van der Waals surface area (Å²) in [5.41, 5.74) is 0. The predicted molar refractivity (Wildman–Crippen MR) is 115 cm³/mol. The smallest absolute Gasteiger partial charge is 0.102 e. The summed E-state index contributed by atoms with van der Waals surface area (Å²) in [6.45, 7) is 0. The molecule has 0 aliphatic carbocycles. The first-order chi connectivity index (χ1) is 12.7. The van der Waals surface area contributed by atoms with Crippen molar-refractivity contribution in [3.05, 3.63) is 116 Å². The molecule has 1 radical (unpaired) electrons. The fourth-order valence-electron chi connectivity index (χ4n) is 2.64. The van der Waals surface area contributed by atoms with Gasteiger partial charge in [-0.05, 0) is 48.6 Å². The standard InChI is InChI=1S/C18H15P.C4H3NO2.CH3.Ag/c1-4-10-16(11-5-1)19(17-12-6-2-7-13-17)18-14-8-3-9-15-18;6-3-1-2-4(7)5-3;;/h1-15H;1-2H,(H,5,6,7);1H3;/q;;-1;. The molecule has 1 aliphatic rings. The zero-order valence-corrected chi connectivity index (χ0v) is 17.9. The van der Waals surface area contributed by atoms with Crippen LogP contribution in [0.15, 0.2) is 103 Å². The Balaban J connectivity index is 0.000000373. The number of hydrogen-bond donors (Lipinski definition) is 0. The van der Waals surface area contributed by atoms with Crippen molar-refractivity contribution in [1.29, 1.82) is 0 Å². The summed E-state index contributed by atoms with van der Waals surface area (Å²) in [6, 6.07) is 32.5. The third kappa shape index (κ3) is 6.70. The van der Waals surface area contributed by atoms with Crippen molar-refractivity contribution >= 4 is 35.6 Å². The first-order valence-electron chi connectivity index (χ1n) is 8.25. The van der Waals surface area contributed by atoms with Crippen LogP contribution < -0.4 is 15.9 Å². The number of rotatable bonds is 3. The van der Waals surface area contributed by atoms with Crippen LogP contribution >= 0.6 is 7.92 Å². The zero-order chi connectivity index (χ0) is 18.2. The summed E-state index contributed by atoms with van der Waals surface area (Å²) < 4.78 is 0. The van der Waals surface area contributed by atoms with Crippen LogP contribution in [-0.2, 0) is 32.0 Å². The van der Waals surface area contributed by atoms with Gasteiger partial charge >= 0.3 is 0 Å². The van der Waals surface area contributed by atoms with E-state index >= 15 is 0 Å². The minimum Gasteiger partial charge on any atom is -0.589 e. The topological polar surface area (TPSA) is 48.2 Å². The monoisotopic (exact) mass is 481 g/mol. The van der Waals surface area contributed by atoms with Gasteiger partial charge in [0.15, 0.2) is 0 Å². The fraction of sp³-hybridized carbons (Fsp3) is 0. The Labute approximate surface area is 183 Å². The molecule has 0 fully saturated rings. The molecule has 147 valence electrons. The molecule has 28 heavy (non-hydrogen) atoms. The normalized spacial score (nSPS) is 11.6. The number of carbonyl (C=O) groups excluding carboxylic acids is 2. The SMILES string of the molecule is O=C1C=CC(=O)[N-]1.[Ag].[CH3-].c1ccc([PH+](c2ccccc2)c2ccccc2)cc1. The Morgan fingerprint density at radius 1 is 0.536 bits per heavy atom. The molecule has 0 unspecified atom stereocenters. The fourth-order valence-corrected chi connectivity index (χ4v) is 5.22. The zero-order valence-electron chi connectivity index (χ0n) is 15.4. The molecule has 4 rings (SSSR count). The van der Waals surface area contributed by atoms with E-state index in [2.05, 4.69) is 96.3 Å². The molecule has 0 N–H and O–H groups in total. The third-order valence-corrected chi connectivity index (χ3v) is 6.51. The first kappa shape index (κ1) is 23.7. The Kier molecular flexibility index (Phi) is 10.4. The second-order valence-corrected chi connectivity index (χ2v) is 8.08. The van der Waals surface area contributed by atoms with Crippen LogP contribution in [0.3, 0.4) is 0 Å². The Hall–Kier alpha value is -2.29. The van der Waals surface area contributed by atoms with Crippen LogP contribution in [-0.4, -0.2) is 11.8 Å². The van der Waals surface area contributed by atoms with Crippen LogP contribution in [0.4, 0.5) is 0 Å². The largest absolute Gasteiger partial charge is 0.589 e. The summed E-state index contributed by atoms with van der Waals surface area (Å²) in [4.78, 5) is 20.0. The third-order valence-electron chi connectivity index (χ3n) is 3.78. The molecule has 1 heterocycles. The van der Waals surface area contributed by atoms with Gasteiger partial charge in [0.2, 0.25) is 0 Å². The molecular formula is C23H21AgNO2P-. The van der Waals surface area contributed by atoms with E-state index in [1.165, 1.54) is 15.9 Å². The molecule has 0 bridgehead atoms. The van der Waals surface area contributed by atoms with Crippen molar-refractivity contribution in [2.75, 3.05) is 0 Å². The second kappa shape index (κ2) is 12.2. The molecule has 0 saturated heterocycles. The summed E-state index contributed by atoms with van der Waals surface area (Å²) in [5, 5.41) is 7.31. The Morgan fingerprint density at radius 2 is 0.821 bits per heavy atom. The number of hydrogen-bond acceptors (Lipinski definition) is 2. The van der Waals surface area contributed by atoms with E-state index < -0.39 is 19.7 Å². The molecule has 1 aliphatic heterocycles. The molecule has 0 atom stereocenters. The van der Waals surface area contributed by atoms with Crippen molar-refractivity contribution in [2.24, 2.45) is 0 Å². The van der Waals surface area contributed by atoms with Gasteiger partial charge in [-0.15, -0.1) is 0 Å². The molecule has 0 aromatic heterocycles. The molecule has 0 saturated carbocycles. The van der Waals surface area contributed by atoms with Crippen molar-refractivity contribution in [3.8, 4) is 0 Å². The van der Waals surface area contributed by atoms with Gasteiger partial charge in [0.1, 0.15) is 15.9 Å². The average molecular weight is 482 g/mol. The second-order valence-electron chi connectivity index (χ2n) is 5.59. The van der Waals surface area contributed by atoms with Crippen LogP contribution in [0.25, 0.3) is 5.32 Å². The van der Waals surface area contributed by atoms with Crippen molar-refractivity contribution < 1.29 is 32.0 Å². The van der Waals surface area contributed by atoms with Crippen molar-refractivity contribution in [3.63, 3.8) is 0 Å². The van der Waals surface area contributed by atoms with Crippen LogP contribution in [0.5, 0.6) is 0 Å². The number of nitrogens with zero attached hydrogens (tertiary/aromatic N) is 1. The van der Waals surface area contributed by atoms with Gasteiger partial charge < -0.3 is 22.3 Å². The van der Waals surface area contributed by atoms with E-state index in [0.717, 1.165) is 12.2 Å². The van der Waals surface area contributed by atoms with Gasteiger partial charge in [0.05, 0.1) is 19.7 Å². The van der Waals surface area contributed by atoms with Gasteiger partial charge in [-0.2, -0.15) is 0 Å². The average Bonchev–Trinajstić information content (AvgIpc) is 3.08. The van der Waals surface area contributed by atoms with Gasteiger partial charge in [0, 0.05) is 22.4 Å². The van der Waals surface area contributed by atoms with Crippen LogP contribution in [0, 0.1) is 7.43 Å². The van der Waals surface area contributed by atoms with Gasteiger partial charge in [-0.25, -0.2) is 0 Å². The van der Waals surface area contributed by atoms with Crippen LogP contribution in [0.2, 0.25) is 0 Å². The molecular weight excluding hydrogens is 461 g/mol. The minimum absolute atomic E-state index is 0. The molecule has 0 spiro atoms. The van der Waals surface area contributed by atoms with E-state index in [0.29, 0.717) is 0 Å².